The minimum absolute atomic E-state index is 0.0786. The molecule has 0 aromatic carbocycles. The highest BCUT2D eigenvalue weighted by molar-refractivity contribution is 5.44. The smallest absolute Gasteiger partial charge is 0.261 e. The molecule has 0 fully saturated rings. The maximum atomic E-state index is 9.25. The van der Waals surface area contributed by atoms with Crippen molar-refractivity contribution in [1.29, 1.82) is 0 Å². The van der Waals surface area contributed by atoms with Crippen LogP contribution in [0, 0.1) is 12.3 Å². The first-order chi connectivity index (χ1) is 3.41. The summed E-state index contributed by atoms with van der Waals surface area (Å²) < 4.78 is 0. The molecule has 0 aromatic heterocycles. The fourth-order valence-electron chi connectivity index (χ4n) is 0.107. The Hall–Kier alpha value is -1.01. The van der Waals surface area contributed by atoms with E-state index in [0.29, 0.717) is 0 Å². The monoisotopic (exact) mass is 98.0 g/mol. The van der Waals surface area contributed by atoms with Crippen LogP contribution in [0.15, 0.2) is 0 Å². The van der Waals surface area contributed by atoms with E-state index in [1.54, 1.807) is 5.48 Å². The van der Waals surface area contributed by atoms with E-state index in [1.807, 2.05) is 0 Å². The molecular weight excluding hydrogens is 94.0 g/mol. The largest absolute Gasteiger partial charge is 0.335 e. The topological polar surface area (TPSA) is 38.3 Å². The van der Waals surface area contributed by atoms with Crippen molar-refractivity contribution in [3.05, 3.63) is 0 Å². The molecule has 1 radical (unpaired) electrons. The van der Waals surface area contributed by atoms with E-state index in [-0.39, 0.29) is 6.61 Å². The molecule has 0 aliphatic rings. The Balaban J connectivity index is 2.72. The average Bonchev–Trinajstić information content (AvgIpc) is 1.69. The Morgan fingerprint density at radius 2 is 2.57 bits per heavy atom. The SMILES string of the molecule is C#CCON[C]=O. The number of nitrogens with one attached hydrogen (secondary N) is 1. The molecule has 37 valence electrons. The van der Waals surface area contributed by atoms with Crippen molar-refractivity contribution in [2.24, 2.45) is 0 Å². The number of hydrogen-bond acceptors (Lipinski definition) is 2. The zero-order chi connectivity index (χ0) is 5.54. The van der Waals surface area contributed by atoms with E-state index in [0.717, 1.165) is 0 Å². The van der Waals surface area contributed by atoms with Crippen LogP contribution in [0.25, 0.3) is 0 Å². The molecule has 3 heteroatoms. The van der Waals surface area contributed by atoms with Gasteiger partial charge in [0.1, 0.15) is 6.61 Å². The van der Waals surface area contributed by atoms with Gasteiger partial charge in [-0.05, 0) is 0 Å². The normalized spacial score (nSPS) is 6.71. The summed E-state index contributed by atoms with van der Waals surface area (Å²) in [6.07, 6.45) is 6.01. The number of rotatable bonds is 3. The van der Waals surface area contributed by atoms with Crippen LogP contribution in [0.4, 0.5) is 0 Å². The fraction of sp³-hybridized carbons (Fsp3) is 0.250. The summed E-state index contributed by atoms with van der Waals surface area (Å²) in [5, 5.41) is 0. The second-order valence-electron chi connectivity index (χ2n) is 0.697. The Morgan fingerprint density at radius 1 is 1.86 bits per heavy atom. The van der Waals surface area contributed by atoms with Gasteiger partial charge in [0.15, 0.2) is 0 Å². The van der Waals surface area contributed by atoms with E-state index in [9.17, 15) is 4.79 Å². The van der Waals surface area contributed by atoms with Crippen molar-refractivity contribution in [1.82, 2.24) is 5.48 Å². The lowest BCUT2D eigenvalue weighted by Gasteiger charge is -1.87. The van der Waals surface area contributed by atoms with Gasteiger partial charge in [0.2, 0.25) is 0 Å². The third kappa shape index (κ3) is 4.99. The van der Waals surface area contributed by atoms with Gasteiger partial charge in [-0.2, -0.15) is 0 Å². The van der Waals surface area contributed by atoms with Gasteiger partial charge in [0.25, 0.3) is 0 Å². The van der Waals surface area contributed by atoms with Gasteiger partial charge >= 0.3 is 6.41 Å². The lowest BCUT2D eigenvalue weighted by molar-refractivity contribution is 0.112. The van der Waals surface area contributed by atoms with Crippen molar-refractivity contribution >= 4 is 6.41 Å². The van der Waals surface area contributed by atoms with Crippen molar-refractivity contribution in [3.63, 3.8) is 0 Å². The predicted octanol–water partition coefficient (Wildman–Crippen LogP) is -0.792. The Kier molecular flexibility index (Phi) is 4.27. The molecule has 0 atom stereocenters. The van der Waals surface area contributed by atoms with E-state index >= 15 is 0 Å². The van der Waals surface area contributed by atoms with Gasteiger partial charge in [0.05, 0.1) is 0 Å². The van der Waals surface area contributed by atoms with Gasteiger partial charge in [-0.3, -0.25) is 9.63 Å². The highest BCUT2D eigenvalue weighted by Gasteiger charge is 1.72. The highest BCUT2D eigenvalue weighted by Crippen LogP contribution is 1.55. The maximum absolute atomic E-state index is 9.25. The van der Waals surface area contributed by atoms with Crippen molar-refractivity contribution in [3.8, 4) is 12.3 Å². The maximum Gasteiger partial charge on any atom is 0.335 e. The minimum atomic E-state index is 0.0786. The second kappa shape index (κ2) is 4.99. The van der Waals surface area contributed by atoms with Crippen LogP contribution in [0.5, 0.6) is 0 Å². The summed E-state index contributed by atoms with van der Waals surface area (Å²) in [5.41, 5.74) is 1.80. The van der Waals surface area contributed by atoms with E-state index in [2.05, 4.69) is 10.8 Å². The number of hydrogen-bond donors (Lipinski definition) is 1. The number of amides is 1. The number of carbonyl (C=O) groups excluding carboxylic acids is 1. The summed E-state index contributed by atoms with van der Waals surface area (Å²) in [6.45, 7) is 0.0786. The van der Waals surface area contributed by atoms with E-state index < -0.39 is 0 Å². The molecule has 0 heterocycles. The zero-order valence-electron chi connectivity index (χ0n) is 3.60. The van der Waals surface area contributed by atoms with Crippen LogP contribution < -0.4 is 5.48 Å². The molecule has 7 heavy (non-hydrogen) atoms. The van der Waals surface area contributed by atoms with Gasteiger partial charge in [0, 0.05) is 0 Å². The van der Waals surface area contributed by atoms with Gasteiger partial charge in [-0.25, -0.2) is 5.48 Å². The molecule has 0 saturated carbocycles. The first-order valence-corrected chi connectivity index (χ1v) is 1.59. The van der Waals surface area contributed by atoms with Crippen LogP contribution >= 0.6 is 0 Å². The molecular formula is C4H4NO2. The molecule has 1 N–H and O–H groups in total. The van der Waals surface area contributed by atoms with Crippen molar-refractivity contribution in [2.45, 2.75) is 0 Å². The van der Waals surface area contributed by atoms with Crippen molar-refractivity contribution in [2.75, 3.05) is 6.61 Å². The van der Waals surface area contributed by atoms with Crippen LogP contribution in [0.3, 0.4) is 0 Å². The highest BCUT2D eigenvalue weighted by atomic mass is 16.6. The lowest BCUT2D eigenvalue weighted by atomic mass is 10.8. The first-order valence-electron chi connectivity index (χ1n) is 1.59. The number of terminal acetylenes is 1. The summed E-state index contributed by atoms with van der Waals surface area (Å²) >= 11 is 0. The van der Waals surface area contributed by atoms with Crippen LogP contribution in [-0.2, 0) is 9.63 Å². The Morgan fingerprint density at radius 3 is 3.00 bits per heavy atom. The molecule has 0 saturated heterocycles. The molecule has 0 bridgehead atoms. The van der Waals surface area contributed by atoms with E-state index in [1.165, 1.54) is 6.41 Å². The quantitative estimate of drug-likeness (QED) is 0.217. The summed E-state index contributed by atoms with van der Waals surface area (Å²) in [5.74, 6) is 2.14. The standard InChI is InChI=1S/C4H4NO2/c1-2-3-7-5-4-6/h1H,3H2,(H,5,6). The molecule has 0 unspecified atom stereocenters. The summed E-state index contributed by atoms with van der Waals surface area (Å²) in [4.78, 5) is 13.5. The Bertz CT molecular complexity index is 84.2. The van der Waals surface area contributed by atoms with Crippen LogP contribution in [0.1, 0.15) is 0 Å². The molecule has 0 rings (SSSR count). The number of hydroxylamine groups is 1. The fourth-order valence-corrected chi connectivity index (χ4v) is 0.107. The first kappa shape index (κ1) is 5.99. The molecule has 0 aliphatic carbocycles. The molecule has 0 aromatic rings. The zero-order valence-corrected chi connectivity index (χ0v) is 3.60. The molecule has 1 amide bonds. The van der Waals surface area contributed by atoms with Gasteiger partial charge in [-0.15, -0.1) is 6.42 Å². The van der Waals surface area contributed by atoms with Gasteiger partial charge in [-0.1, -0.05) is 5.92 Å². The third-order valence-electron chi connectivity index (χ3n) is 0.269. The van der Waals surface area contributed by atoms with Crippen LogP contribution in [-0.4, -0.2) is 13.0 Å². The Labute approximate surface area is 41.6 Å². The van der Waals surface area contributed by atoms with Crippen molar-refractivity contribution < 1.29 is 9.63 Å². The van der Waals surface area contributed by atoms with Crippen LogP contribution in [0.2, 0.25) is 0 Å². The molecule has 0 aliphatic heterocycles. The third-order valence-corrected chi connectivity index (χ3v) is 0.269. The summed E-state index contributed by atoms with van der Waals surface area (Å²) in [6, 6.07) is 0. The second-order valence-corrected chi connectivity index (χ2v) is 0.697. The molecule has 3 nitrogen and oxygen atoms in total. The molecule has 0 spiro atoms. The minimum Gasteiger partial charge on any atom is -0.261 e. The van der Waals surface area contributed by atoms with E-state index in [4.69, 9.17) is 6.42 Å². The summed E-state index contributed by atoms with van der Waals surface area (Å²) in [7, 11) is 0. The average molecular weight is 98.1 g/mol. The lowest BCUT2D eigenvalue weighted by Crippen LogP contribution is -2.10. The van der Waals surface area contributed by atoms with Gasteiger partial charge < -0.3 is 0 Å². The predicted molar refractivity (Wildman–Crippen MR) is 23.6 cm³/mol.